The van der Waals surface area contributed by atoms with Gasteiger partial charge in [0.05, 0.1) is 11.6 Å². The molecule has 1 amide bonds. The van der Waals surface area contributed by atoms with Crippen LogP contribution in [0.3, 0.4) is 0 Å². The molecule has 0 radical (unpaired) electrons. The third-order valence-corrected chi connectivity index (χ3v) is 4.95. The lowest BCUT2D eigenvalue weighted by Crippen LogP contribution is -2.41. The van der Waals surface area contributed by atoms with Crippen molar-refractivity contribution in [1.29, 1.82) is 0 Å². The molecule has 1 fully saturated rings. The molecule has 2 aromatic carbocycles. The van der Waals surface area contributed by atoms with Crippen molar-refractivity contribution in [2.75, 3.05) is 13.6 Å². The summed E-state index contributed by atoms with van der Waals surface area (Å²) >= 11 is 0. The summed E-state index contributed by atoms with van der Waals surface area (Å²) in [5.41, 5.74) is 1.99. The number of hydrogen-bond donors (Lipinski definition) is 1. The first-order chi connectivity index (χ1) is 12.7. The van der Waals surface area contributed by atoms with E-state index in [0.717, 1.165) is 37.1 Å². The summed E-state index contributed by atoms with van der Waals surface area (Å²) in [6.45, 7) is 2.93. The van der Waals surface area contributed by atoms with Crippen molar-refractivity contribution >= 4 is 5.91 Å². The molecule has 0 aliphatic carbocycles. The molecule has 144 valence electrons. The third kappa shape index (κ3) is 4.69. The zero-order valence-electron chi connectivity index (χ0n) is 15.4. The maximum Gasteiger partial charge on any atom is 0.416 e. The van der Waals surface area contributed by atoms with Crippen molar-refractivity contribution in [2.45, 2.75) is 38.5 Å². The van der Waals surface area contributed by atoms with Gasteiger partial charge in [-0.2, -0.15) is 13.2 Å². The molecule has 0 unspecified atom stereocenters. The zero-order chi connectivity index (χ0) is 19.6. The molecule has 1 atom stereocenters. The van der Waals surface area contributed by atoms with E-state index in [9.17, 15) is 18.0 Å². The van der Waals surface area contributed by atoms with Gasteiger partial charge in [0, 0.05) is 6.54 Å². The Morgan fingerprint density at radius 1 is 1.19 bits per heavy atom. The summed E-state index contributed by atoms with van der Waals surface area (Å²) < 4.78 is 39.2. The molecule has 0 saturated carbocycles. The fourth-order valence-corrected chi connectivity index (χ4v) is 3.52. The maximum atomic E-state index is 13.1. The summed E-state index contributed by atoms with van der Waals surface area (Å²) in [4.78, 5) is 14.3. The molecular weight excluding hydrogens is 353 g/mol. The summed E-state index contributed by atoms with van der Waals surface area (Å²) in [5, 5.41) is 2.94. The summed E-state index contributed by atoms with van der Waals surface area (Å²) in [6.07, 6.45) is -2.51. The lowest BCUT2D eigenvalue weighted by molar-refractivity contribution is -0.137. The molecule has 1 aliphatic heterocycles. The highest BCUT2D eigenvalue weighted by molar-refractivity contribution is 5.82. The molecule has 0 bridgehead atoms. The van der Waals surface area contributed by atoms with Crippen molar-refractivity contribution in [3.63, 3.8) is 0 Å². The number of amides is 1. The van der Waals surface area contributed by atoms with Crippen LogP contribution >= 0.6 is 0 Å². The predicted octanol–water partition coefficient (Wildman–Crippen LogP) is 4.39. The van der Waals surface area contributed by atoms with Gasteiger partial charge in [-0.3, -0.25) is 9.69 Å². The van der Waals surface area contributed by atoms with Gasteiger partial charge in [-0.1, -0.05) is 24.3 Å². The Labute approximate surface area is 157 Å². The van der Waals surface area contributed by atoms with Crippen LogP contribution in [0.5, 0.6) is 0 Å². The molecule has 1 saturated heterocycles. The van der Waals surface area contributed by atoms with Gasteiger partial charge in [0.1, 0.15) is 0 Å². The maximum absolute atomic E-state index is 13.1. The normalized spacial score (nSPS) is 17.9. The molecular formula is C21H23F3N2O. The van der Waals surface area contributed by atoms with Crippen LogP contribution in [-0.2, 0) is 17.5 Å². The Hall–Kier alpha value is -2.34. The lowest BCUT2D eigenvalue weighted by atomic mass is 9.98. The van der Waals surface area contributed by atoms with Gasteiger partial charge in [-0.05, 0) is 73.8 Å². The minimum absolute atomic E-state index is 0.00434. The first-order valence-corrected chi connectivity index (χ1v) is 9.00. The van der Waals surface area contributed by atoms with Crippen LogP contribution in [0.25, 0.3) is 11.1 Å². The van der Waals surface area contributed by atoms with Crippen LogP contribution in [0.15, 0.2) is 42.5 Å². The summed E-state index contributed by atoms with van der Waals surface area (Å²) in [7, 11) is 1.94. The number of likely N-dealkylation sites (tertiary alicyclic amines) is 1. The number of hydrogen-bond acceptors (Lipinski definition) is 2. The summed E-state index contributed by atoms with van der Waals surface area (Å²) in [5.74, 6) is -0.00434. The Kier molecular flexibility index (Phi) is 5.56. The zero-order valence-corrected chi connectivity index (χ0v) is 15.4. The highest BCUT2D eigenvalue weighted by Gasteiger charge is 2.31. The van der Waals surface area contributed by atoms with Crippen molar-refractivity contribution in [1.82, 2.24) is 10.2 Å². The van der Waals surface area contributed by atoms with E-state index >= 15 is 0 Å². The quantitative estimate of drug-likeness (QED) is 0.858. The Morgan fingerprint density at radius 2 is 1.96 bits per heavy atom. The lowest BCUT2D eigenvalue weighted by Gasteiger charge is -2.18. The number of aryl methyl sites for hydroxylation is 1. The number of likely N-dealkylation sites (N-methyl/N-ethyl adjacent to an activating group) is 1. The molecule has 3 rings (SSSR count). The van der Waals surface area contributed by atoms with Crippen LogP contribution in [0, 0.1) is 6.92 Å². The number of carbonyl (C=O) groups excluding carboxylic acids is 1. The predicted molar refractivity (Wildman–Crippen MR) is 99.1 cm³/mol. The van der Waals surface area contributed by atoms with E-state index in [1.807, 2.05) is 24.1 Å². The van der Waals surface area contributed by atoms with Crippen molar-refractivity contribution < 1.29 is 18.0 Å². The highest BCUT2D eigenvalue weighted by atomic mass is 19.4. The monoisotopic (exact) mass is 376 g/mol. The van der Waals surface area contributed by atoms with Gasteiger partial charge in [-0.15, -0.1) is 0 Å². The number of halogens is 3. The van der Waals surface area contributed by atoms with Crippen molar-refractivity contribution in [3.8, 4) is 11.1 Å². The van der Waals surface area contributed by atoms with E-state index < -0.39 is 11.7 Å². The molecule has 1 N–H and O–H groups in total. The van der Waals surface area contributed by atoms with E-state index in [4.69, 9.17) is 0 Å². The first-order valence-electron chi connectivity index (χ1n) is 9.00. The minimum Gasteiger partial charge on any atom is -0.351 e. The second-order valence-electron chi connectivity index (χ2n) is 7.14. The van der Waals surface area contributed by atoms with Gasteiger partial charge in [0.15, 0.2) is 0 Å². The Balaban J connectivity index is 1.76. The smallest absolute Gasteiger partial charge is 0.351 e. The van der Waals surface area contributed by atoms with Crippen LogP contribution in [0.2, 0.25) is 0 Å². The molecule has 27 heavy (non-hydrogen) atoms. The fraction of sp³-hybridized carbons (Fsp3) is 0.381. The Bertz CT molecular complexity index is 832. The number of nitrogens with zero attached hydrogens (tertiary/aromatic N) is 1. The second kappa shape index (κ2) is 7.72. The van der Waals surface area contributed by atoms with Crippen LogP contribution in [0.4, 0.5) is 13.2 Å². The van der Waals surface area contributed by atoms with E-state index in [1.165, 1.54) is 0 Å². The average Bonchev–Trinajstić information content (AvgIpc) is 3.05. The highest BCUT2D eigenvalue weighted by Crippen LogP contribution is 2.33. The molecule has 2 aromatic rings. The number of carbonyl (C=O) groups is 1. The first kappa shape index (κ1) is 19.4. The minimum atomic E-state index is -4.38. The van der Waals surface area contributed by atoms with Gasteiger partial charge in [-0.25, -0.2) is 0 Å². The Morgan fingerprint density at radius 3 is 2.63 bits per heavy atom. The largest absolute Gasteiger partial charge is 0.416 e. The number of benzene rings is 2. The molecule has 3 nitrogen and oxygen atoms in total. The van der Waals surface area contributed by atoms with E-state index in [0.29, 0.717) is 23.2 Å². The summed E-state index contributed by atoms with van der Waals surface area (Å²) in [6, 6.07) is 11.2. The van der Waals surface area contributed by atoms with E-state index in [-0.39, 0.29) is 11.9 Å². The van der Waals surface area contributed by atoms with Crippen LogP contribution < -0.4 is 5.32 Å². The number of rotatable bonds is 4. The molecule has 6 heteroatoms. The van der Waals surface area contributed by atoms with Gasteiger partial charge in [0.2, 0.25) is 5.91 Å². The standard InChI is InChI=1S/C21H23F3N2O/c1-14-9-17(12-18(10-14)21(22,23)24)16-6-3-5-15(11-16)13-25-20(27)19-7-4-8-26(19)2/h3,5-6,9-12,19H,4,7-8,13H2,1-2H3,(H,25,27)/t19-/m0/s1. The topological polar surface area (TPSA) is 32.3 Å². The fourth-order valence-electron chi connectivity index (χ4n) is 3.52. The van der Waals surface area contributed by atoms with Gasteiger partial charge < -0.3 is 5.32 Å². The van der Waals surface area contributed by atoms with Gasteiger partial charge in [0.25, 0.3) is 0 Å². The van der Waals surface area contributed by atoms with Gasteiger partial charge >= 0.3 is 6.18 Å². The number of nitrogens with one attached hydrogen (secondary N) is 1. The molecule has 0 spiro atoms. The van der Waals surface area contributed by atoms with Crippen LogP contribution in [-0.4, -0.2) is 30.4 Å². The third-order valence-electron chi connectivity index (χ3n) is 4.95. The molecule has 1 heterocycles. The average molecular weight is 376 g/mol. The molecule has 0 aromatic heterocycles. The van der Waals surface area contributed by atoms with Crippen LogP contribution in [0.1, 0.15) is 29.5 Å². The molecule has 1 aliphatic rings. The van der Waals surface area contributed by atoms with E-state index in [1.54, 1.807) is 25.1 Å². The number of alkyl halides is 3. The SMILES string of the molecule is Cc1cc(-c2cccc(CNC(=O)[C@@H]3CCCN3C)c2)cc(C(F)(F)F)c1. The second-order valence-corrected chi connectivity index (χ2v) is 7.14. The van der Waals surface area contributed by atoms with Crippen molar-refractivity contribution in [3.05, 3.63) is 59.2 Å². The van der Waals surface area contributed by atoms with Crippen molar-refractivity contribution in [2.24, 2.45) is 0 Å². The van der Waals surface area contributed by atoms with E-state index in [2.05, 4.69) is 5.32 Å².